The van der Waals surface area contributed by atoms with Gasteiger partial charge in [-0.05, 0) is 37.0 Å². The minimum atomic E-state index is -0.319. The van der Waals surface area contributed by atoms with Gasteiger partial charge in [-0.3, -0.25) is 9.89 Å². The molecule has 1 aromatic carbocycles. The molecule has 3 rings (SSSR count). The molecule has 1 unspecified atom stereocenters. The van der Waals surface area contributed by atoms with Crippen molar-refractivity contribution in [1.82, 2.24) is 15.1 Å². The Bertz CT molecular complexity index is 612. The summed E-state index contributed by atoms with van der Waals surface area (Å²) in [7, 11) is 0. The third-order valence-electron chi connectivity index (χ3n) is 4.00. The Hall–Kier alpha value is -2.17. The van der Waals surface area contributed by atoms with Gasteiger partial charge in [0.1, 0.15) is 5.82 Å². The Morgan fingerprint density at radius 2 is 2.19 bits per heavy atom. The van der Waals surface area contributed by atoms with Gasteiger partial charge in [0.2, 0.25) is 5.91 Å². The molecule has 1 N–H and O–H groups in total. The fourth-order valence-electron chi connectivity index (χ4n) is 2.91. The summed E-state index contributed by atoms with van der Waals surface area (Å²) in [5, 5.41) is 6.92. The molecule has 5 heteroatoms. The number of nitrogens with zero attached hydrogens (tertiary/aromatic N) is 2. The fourth-order valence-corrected chi connectivity index (χ4v) is 2.91. The summed E-state index contributed by atoms with van der Waals surface area (Å²) in [5.41, 5.74) is 1.41. The number of nitrogens with one attached hydrogen (secondary N) is 1. The first kappa shape index (κ1) is 13.8. The van der Waals surface area contributed by atoms with Crippen molar-refractivity contribution in [1.29, 1.82) is 0 Å². The zero-order valence-electron chi connectivity index (χ0n) is 11.8. The van der Waals surface area contributed by atoms with Gasteiger partial charge in [0.15, 0.2) is 0 Å². The second kappa shape index (κ2) is 6.08. The number of amides is 1. The smallest absolute Gasteiger partial charge is 0.227 e. The monoisotopic (exact) mass is 287 g/mol. The van der Waals surface area contributed by atoms with Crippen LogP contribution in [0.15, 0.2) is 36.5 Å². The average molecular weight is 287 g/mol. The van der Waals surface area contributed by atoms with Gasteiger partial charge in [0, 0.05) is 12.7 Å². The predicted molar refractivity (Wildman–Crippen MR) is 77.0 cm³/mol. The lowest BCUT2D eigenvalue weighted by molar-refractivity contribution is -0.134. The maximum absolute atomic E-state index is 13.7. The molecule has 1 aliphatic heterocycles. The molecule has 0 aliphatic carbocycles. The van der Waals surface area contributed by atoms with E-state index < -0.39 is 0 Å². The largest absolute Gasteiger partial charge is 0.334 e. The molecule has 4 nitrogen and oxygen atoms in total. The minimum absolute atomic E-state index is 0.0283. The second-order valence-corrected chi connectivity index (χ2v) is 5.38. The first-order valence-corrected chi connectivity index (χ1v) is 7.28. The van der Waals surface area contributed by atoms with E-state index in [4.69, 9.17) is 0 Å². The van der Waals surface area contributed by atoms with Crippen LogP contribution < -0.4 is 0 Å². The van der Waals surface area contributed by atoms with E-state index >= 15 is 0 Å². The number of piperidine rings is 1. The molecule has 1 aliphatic rings. The highest BCUT2D eigenvalue weighted by atomic mass is 19.1. The van der Waals surface area contributed by atoms with Crippen molar-refractivity contribution in [3.8, 4) is 0 Å². The highest BCUT2D eigenvalue weighted by molar-refractivity contribution is 5.79. The van der Waals surface area contributed by atoms with Crippen LogP contribution in [0.1, 0.15) is 36.6 Å². The second-order valence-electron chi connectivity index (χ2n) is 5.38. The molecule has 2 aromatic rings. The number of hydrogen-bond donors (Lipinski definition) is 1. The number of rotatable bonds is 3. The summed E-state index contributed by atoms with van der Waals surface area (Å²) < 4.78 is 13.7. The van der Waals surface area contributed by atoms with Gasteiger partial charge in [0.05, 0.1) is 18.2 Å². The molecule has 2 heterocycles. The number of H-pyrrole nitrogens is 1. The zero-order valence-corrected chi connectivity index (χ0v) is 11.8. The summed E-state index contributed by atoms with van der Waals surface area (Å²) in [4.78, 5) is 14.4. The average Bonchev–Trinajstić information content (AvgIpc) is 3.04. The Labute approximate surface area is 123 Å². The summed E-state index contributed by atoms with van der Waals surface area (Å²) in [6.45, 7) is 0.719. The Morgan fingerprint density at radius 1 is 1.33 bits per heavy atom. The van der Waals surface area contributed by atoms with Gasteiger partial charge in [-0.15, -0.1) is 0 Å². The van der Waals surface area contributed by atoms with Crippen molar-refractivity contribution in [3.63, 3.8) is 0 Å². The van der Waals surface area contributed by atoms with E-state index in [-0.39, 0.29) is 24.2 Å². The number of halogens is 1. The molecule has 0 spiro atoms. The van der Waals surface area contributed by atoms with Crippen molar-refractivity contribution in [2.45, 2.75) is 31.7 Å². The molecule has 1 saturated heterocycles. The Morgan fingerprint density at radius 3 is 2.95 bits per heavy atom. The number of likely N-dealkylation sites (tertiary alicyclic amines) is 1. The molecule has 1 atom stereocenters. The SMILES string of the molecule is O=C(Cc1ccccc1F)N1CCCCC1c1ccn[nH]1. The molecule has 0 saturated carbocycles. The standard InChI is InChI=1S/C16H18FN3O/c17-13-6-2-1-5-12(13)11-16(21)20-10-4-3-7-15(20)14-8-9-18-19-14/h1-2,5-6,8-9,15H,3-4,7,10-11H2,(H,18,19). The van der Waals surface area contributed by atoms with E-state index in [9.17, 15) is 9.18 Å². The van der Waals surface area contributed by atoms with Crippen molar-refractivity contribution in [3.05, 3.63) is 53.6 Å². The van der Waals surface area contributed by atoms with E-state index in [0.29, 0.717) is 5.56 Å². The van der Waals surface area contributed by atoms with Crippen LogP contribution in [0.4, 0.5) is 4.39 Å². The van der Waals surface area contributed by atoms with E-state index in [1.165, 1.54) is 6.07 Å². The highest BCUT2D eigenvalue weighted by Crippen LogP contribution is 2.30. The number of benzene rings is 1. The predicted octanol–water partition coefficient (Wildman–Crippen LogP) is 2.85. The lowest BCUT2D eigenvalue weighted by atomic mass is 9.98. The quantitative estimate of drug-likeness (QED) is 0.943. The Balaban J connectivity index is 1.77. The molecule has 1 fully saturated rings. The fraction of sp³-hybridized carbons (Fsp3) is 0.375. The van der Waals surface area contributed by atoms with Crippen molar-refractivity contribution in [2.24, 2.45) is 0 Å². The maximum atomic E-state index is 13.7. The highest BCUT2D eigenvalue weighted by Gasteiger charge is 2.29. The van der Waals surface area contributed by atoms with Gasteiger partial charge >= 0.3 is 0 Å². The number of aromatic amines is 1. The summed E-state index contributed by atoms with van der Waals surface area (Å²) in [5.74, 6) is -0.347. The van der Waals surface area contributed by atoms with Gasteiger partial charge in [-0.25, -0.2) is 4.39 Å². The third-order valence-corrected chi connectivity index (χ3v) is 4.00. The van der Waals surface area contributed by atoms with E-state index in [1.807, 2.05) is 11.0 Å². The molecular weight excluding hydrogens is 269 g/mol. The van der Waals surface area contributed by atoms with Crippen LogP contribution >= 0.6 is 0 Å². The molecule has 1 amide bonds. The van der Waals surface area contributed by atoms with Crippen LogP contribution in [0.2, 0.25) is 0 Å². The molecule has 110 valence electrons. The molecule has 0 radical (unpaired) electrons. The lowest BCUT2D eigenvalue weighted by Gasteiger charge is -2.35. The number of carbonyl (C=O) groups is 1. The minimum Gasteiger partial charge on any atom is -0.334 e. The third kappa shape index (κ3) is 2.96. The topological polar surface area (TPSA) is 49.0 Å². The van der Waals surface area contributed by atoms with Crippen molar-refractivity contribution < 1.29 is 9.18 Å². The number of hydrogen-bond acceptors (Lipinski definition) is 2. The van der Waals surface area contributed by atoms with E-state index in [2.05, 4.69) is 10.2 Å². The van der Waals surface area contributed by atoms with E-state index in [0.717, 1.165) is 31.5 Å². The van der Waals surface area contributed by atoms with Gasteiger partial charge < -0.3 is 4.90 Å². The lowest BCUT2D eigenvalue weighted by Crippen LogP contribution is -2.39. The maximum Gasteiger partial charge on any atom is 0.227 e. The van der Waals surface area contributed by atoms with Crippen molar-refractivity contribution >= 4 is 5.91 Å². The van der Waals surface area contributed by atoms with Crippen LogP contribution in [-0.4, -0.2) is 27.5 Å². The van der Waals surface area contributed by atoms with Crippen LogP contribution in [0, 0.1) is 5.82 Å². The van der Waals surface area contributed by atoms with Crippen LogP contribution in [-0.2, 0) is 11.2 Å². The zero-order chi connectivity index (χ0) is 14.7. The van der Waals surface area contributed by atoms with Gasteiger partial charge in [-0.1, -0.05) is 18.2 Å². The van der Waals surface area contributed by atoms with Crippen LogP contribution in [0.3, 0.4) is 0 Å². The van der Waals surface area contributed by atoms with Crippen molar-refractivity contribution in [2.75, 3.05) is 6.54 Å². The molecule has 1 aromatic heterocycles. The summed E-state index contributed by atoms with van der Waals surface area (Å²) >= 11 is 0. The molecular formula is C16H18FN3O. The van der Waals surface area contributed by atoms with E-state index in [1.54, 1.807) is 24.4 Å². The number of carbonyl (C=O) groups excluding carboxylic acids is 1. The molecule has 0 bridgehead atoms. The first-order valence-electron chi connectivity index (χ1n) is 7.28. The normalized spacial score (nSPS) is 18.7. The molecule has 21 heavy (non-hydrogen) atoms. The van der Waals surface area contributed by atoms with Crippen LogP contribution in [0.25, 0.3) is 0 Å². The first-order chi connectivity index (χ1) is 10.3. The number of aromatic nitrogens is 2. The van der Waals surface area contributed by atoms with Gasteiger partial charge in [-0.2, -0.15) is 5.10 Å². The van der Waals surface area contributed by atoms with Gasteiger partial charge in [0.25, 0.3) is 0 Å². The van der Waals surface area contributed by atoms with Crippen LogP contribution in [0.5, 0.6) is 0 Å². The Kier molecular flexibility index (Phi) is 3.99. The summed E-state index contributed by atoms with van der Waals surface area (Å²) in [6.07, 6.45) is 4.81. The summed E-state index contributed by atoms with van der Waals surface area (Å²) in [6, 6.07) is 8.39.